The number of ether oxygens (including phenoxy) is 1. The number of methoxy groups -OCH3 is 1. The maximum atomic E-state index is 6.35. The van der Waals surface area contributed by atoms with Gasteiger partial charge in [-0.2, -0.15) is 5.10 Å². The third-order valence-corrected chi connectivity index (χ3v) is 7.27. The van der Waals surface area contributed by atoms with E-state index in [4.69, 9.17) is 31.4 Å². The minimum Gasteiger partial charge on any atom is -0.497 e. The summed E-state index contributed by atoms with van der Waals surface area (Å²) in [5.74, 6) is 1.38. The molecule has 0 N–H and O–H groups in total. The SMILES string of the molecule is COc1ccc([C@H]2CC(c3cccs3)=NN2c2nc(-c3ccccc3)c3cc(Cl)ccc3n2)cc1. The van der Waals surface area contributed by atoms with Gasteiger partial charge in [0.25, 0.3) is 0 Å². The van der Waals surface area contributed by atoms with Gasteiger partial charge in [-0.05, 0) is 47.3 Å². The van der Waals surface area contributed by atoms with Crippen molar-refractivity contribution in [1.29, 1.82) is 0 Å². The molecule has 0 saturated carbocycles. The van der Waals surface area contributed by atoms with Gasteiger partial charge in [-0.1, -0.05) is 60.1 Å². The lowest BCUT2D eigenvalue weighted by Crippen LogP contribution is -2.21. The maximum Gasteiger partial charge on any atom is 0.247 e. The van der Waals surface area contributed by atoms with Crippen LogP contribution < -0.4 is 9.75 Å². The standard InChI is InChI=1S/C28H21ClN4OS/c1-34-21-12-9-18(10-13-21)25-17-24(26-8-5-15-35-26)32-33(25)28-30-23-14-11-20(29)16-22(23)27(31-28)19-6-3-2-4-7-19/h2-16,25H,17H2,1H3/t25-/m1/s1. The van der Waals surface area contributed by atoms with E-state index in [1.807, 2.05) is 53.5 Å². The number of nitrogens with zero attached hydrogens (tertiary/aromatic N) is 4. The number of fused-ring (bicyclic) bond motifs is 1. The van der Waals surface area contributed by atoms with Gasteiger partial charge in [0.2, 0.25) is 5.95 Å². The van der Waals surface area contributed by atoms with Crippen LogP contribution in [0.3, 0.4) is 0 Å². The third-order valence-electron chi connectivity index (χ3n) is 6.11. The molecule has 1 aliphatic rings. The van der Waals surface area contributed by atoms with Crippen molar-refractivity contribution < 1.29 is 4.74 Å². The normalized spacial score (nSPS) is 15.4. The molecule has 0 saturated heterocycles. The predicted octanol–water partition coefficient (Wildman–Crippen LogP) is 7.38. The first-order valence-electron chi connectivity index (χ1n) is 11.3. The van der Waals surface area contributed by atoms with Crippen LogP contribution in [0.25, 0.3) is 22.2 Å². The van der Waals surface area contributed by atoms with Crippen molar-refractivity contribution in [2.45, 2.75) is 12.5 Å². The molecule has 2 aromatic heterocycles. The van der Waals surface area contributed by atoms with Gasteiger partial charge in [-0.3, -0.25) is 0 Å². The number of hydrazone groups is 1. The van der Waals surface area contributed by atoms with E-state index in [9.17, 15) is 0 Å². The monoisotopic (exact) mass is 496 g/mol. The highest BCUT2D eigenvalue weighted by Gasteiger charge is 2.32. The summed E-state index contributed by atoms with van der Waals surface area (Å²) in [6.07, 6.45) is 0.759. The molecule has 35 heavy (non-hydrogen) atoms. The molecule has 3 aromatic carbocycles. The van der Waals surface area contributed by atoms with Gasteiger partial charge in [0.15, 0.2) is 0 Å². The average molecular weight is 497 g/mol. The summed E-state index contributed by atoms with van der Waals surface area (Å²) in [5.41, 5.74) is 4.82. The smallest absolute Gasteiger partial charge is 0.247 e. The van der Waals surface area contributed by atoms with Crippen LogP contribution in [-0.4, -0.2) is 22.8 Å². The first-order valence-corrected chi connectivity index (χ1v) is 12.5. The van der Waals surface area contributed by atoms with E-state index in [1.165, 1.54) is 0 Å². The van der Waals surface area contributed by atoms with Crippen LogP contribution in [0.4, 0.5) is 5.95 Å². The van der Waals surface area contributed by atoms with Crippen LogP contribution >= 0.6 is 22.9 Å². The van der Waals surface area contributed by atoms with Crippen molar-refractivity contribution in [1.82, 2.24) is 9.97 Å². The molecule has 7 heteroatoms. The Balaban J connectivity index is 1.52. The Morgan fingerprint density at radius 2 is 1.77 bits per heavy atom. The van der Waals surface area contributed by atoms with Gasteiger partial charge in [0, 0.05) is 22.4 Å². The third kappa shape index (κ3) is 4.16. The zero-order chi connectivity index (χ0) is 23.8. The molecule has 3 heterocycles. The van der Waals surface area contributed by atoms with E-state index in [0.29, 0.717) is 11.0 Å². The minimum atomic E-state index is -0.0358. The summed E-state index contributed by atoms with van der Waals surface area (Å²) < 4.78 is 5.37. The highest BCUT2D eigenvalue weighted by Crippen LogP contribution is 2.38. The Hall–Kier alpha value is -3.74. The fourth-order valence-electron chi connectivity index (χ4n) is 4.38. The van der Waals surface area contributed by atoms with E-state index in [-0.39, 0.29) is 6.04 Å². The highest BCUT2D eigenvalue weighted by atomic mass is 35.5. The summed E-state index contributed by atoms with van der Waals surface area (Å²) in [6, 6.07) is 28.1. The van der Waals surface area contributed by atoms with E-state index < -0.39 is 0 Å². The molecule has 0 unspecified atom stereocenters. The second kappa shape index (κ2) is 9.13. The number of rotatable bonds is 5. The molecule has 0 spiro atoms. The molecule has 0 fully saturated rings. The molecular formula is C28H21ClN4OS. The number of hydrogen-bond donors (Lipinski definition) is 0. The lowest BCUT2D eigenvalue weighted by Gasteiger charge is -2.23. The van der Waals surface area contributed by atoms with Gasteiger partial charge in [0.1, 0.15) is 5.75 Å². The van der Waals surface area contributed by atoms with Crippen LogP contribution in [0, 0.1) is 0 Å². The summed E-state index contributed by atoms with van der Waals surface area (Å²) in [6.45, 7) is 0. The Morgan fingerprint density at radius 1 is 0.943 bits per heavy atom. The van der Waals surface area contributed by atoms with Gasteiger partial charge >= 0.3 is 0 Å². The zero-order valence-electron chi connectivity index (χ0n) is 18.9. The second-order valence-corrected chi connectivity index (χ2v) is 9.65. The van der Waals surface area contributed by atoms with Crippen LogP contribution in [0.5, 0.6) is 5.75 Å². The summed E-state index contributed by atoms with van der Waals surface area (Å²) in [7, 11) is 1.68. The van der Waals surface area contributed by atoms with Crippen molar-refractivity contribution >= 4 is 45.5 Å². The molecule has 5 aromatic rings. The van der Waals surface area contributed by atoms with Crippen molar-refractivity contribution in [2.24, 2.45) is 5.10 Å². The number of halogens is 1. The maximum absolute atomic E-state index is 6.35. The summed E-state index contributed by atoms with van der Waals surface area (Å²) in [4.78, 5) is 11.1. The molecule has 0 aliphatic carbocycles. The Kier molecular flexibility index (Phi) is 5.68. The molecule has 0 bridgehead atoms. The minimum absolute atomic E-state index is 0.0358. The molecule has 6 rings (SSSR count). The predicted molar refractivity (Wildman–Crippen MR) is 144 cm³/mol. The molecule has 1 aliphatic heterocycles. The number of aromatic nitrogens is 2. The van der Waals surface area contributed by atoms with Crippen molar-refractivity contribution in [3.8, 4) is 17.0 Å². The summed E-state index contributed by atoms with van der Waals surface area (Å²) in [5, 5.41) is 10.6. The van der Waals surface area contributed by atoms with Gasteiger partial charge < -0.3 is 4.74 Å². The fraction of sp³-hybridized carbons (Fsp3) is 0.107. The molecule has 5 nitrogen and oxygen atoms in total. The fourth-order valence-corrected chi connectivity index (χ4v) is 5.27. The topological polar surface area (TPSA) is 50.6 Å². The van der Waals surface area contributed by atoms with Crippen LogP contribution in [-0.2, 0) is 0 Å². The lowest BCUT2D eigenvalue weighted by atomic mass is 10.0. The number of benzene rings is 3. The molecular weight excluding hydrogens is 476 g/mol. The number of hydrogen-bond acceptors (Lipinski definition) is 6. The van der Waals surface area contributed by atoms with Crippen LogP contribution in [0.1, 0.15) is 22.9 Å². The Bertz CT molecular complexity index is 1520. The van der Waals surface area contributed by atoms with E-state index in [0.717, 1.165) is 50.5 Å². The summed E-state index contributed by atoms with van der Waals surface area (Å²) >= 11 is 8.04. The van der Waals surface area contributed by atoms with Crippen molar-refractivity contribution in [3.63, 3.8) is 0 Å². The molecule has 172 valence electrons. The molecule has 1 atom stereocenters. The first kappa shape index (κ1) is 21.8. The highest BCUT2D eigenvalue weighted by molar-refractivity contribution is 7.12. The first-order chi connectivity index (χ1) is 17.2. The van der Waals surface area contributed by atoms with Crippen molar-refractivity contribution in [2.75, 3.05) is 12.1 Å². The van der Waals surface area contributed by atoms with E-state index in [2.05, 4.69) is 41.8 Å². The second-order valence-electron chi connectivity index (χ2n) is 8.26. The lowest BCUT2D eigenvalue weighted by molar-refractivity contribution is 0.414. The van der Waals surface area contributed by atoms with Gasteiger partial charge in [-0.25, -0.2) is 15.0 Å². The van der Waals surface area contributed by atoms with Gasteiger partial charge in [-0.15, -0.1) is 11.3 Å². The molecule has 0 radical (unpaired) electrons. The quantitative estimate of drug-likeness (QED) is 0.255. The average Bonchev–Trinajstić information content (AvgIpc) is 3.59. The molecule has 0 amide bonds. The number of thiophene rings is 1. The zero-order valence-corrected chi connectivity index (χ0v) is 20.5. The van der Waals surface area contributed by atoms with E-state index in [1.54, 1.807) is 18.4 Å². The largest absolute Gasteiger partial charge is 0.497 e. The van der Waals surface area contributed by atoms with Crippen LogP contribution in [0.15, 0.2) is 95.4 Å². The Labute approximate surface area is 212 Å². The Morgan fingerprint density at radius 3 is 2.51 bits per heavy atom. The van der Waals surface area contributed by atoms with Crippen molar-refractivity contribution in [3.05, 3.63) is 106 Å². The number of anilines is 1. The van der Waals surface area contributed by atoms with E-state index >= 15 is 0 Å². The van der Waals surface area contributed by atoms with Gasteiger partial charge in [0.05, 0.1) is 35.0 Å². The van der Waals surface area contributed by atoms with Crippen LogP contribution in [0.2, 0.25) is 5.02 Å².